The molecule has 1 N–H and O–H groups in total. The van der Waals surface area contributed by atoms with Crippen molar-refractivity contribution in [1.29, 1.82) is 0 Å². The van der Waals surface area contributed by atoms with E-state index in [-0.39, 0.29) is 5.91 Å². The highest BCUT2D eigenvalue weighted by Gasteiger charge is 2.18. The molecule has 2 heterocycles. The lowest BCUT2D eigenvalue weighted by Gasteiger charge is -2.16. The van der Waals surface area contributed by atoms with Crippen LogP contribution in [0.3, 0.4) is 0 Å². The Hall–Kier alpha value is -2.43. The first-order valence-electron chi connectivity index (χ1n) is 7.61. The average Bonchev–Trinajstić information content (AvgIpc) is 3.03. The van der Waals surface area contributed by atoms with Crippen molar-refractivity contribution in [3.05, 3.63) is 47.3 Å². The van der Waals surface area contributed by atoms with E-state index < -0.39 is 0 Å². The molecule has 2 aromatic rings. The van der Waals surface area contributed by atoms with Crippen molar-refractivity contribution in [2.45, 2.75) is 26.7 Å². The predicted octanol–water partition coefficient (Wildman–Crippen LogP) is 2.95. The van der Waals surface area contributed by atoms with Crippen LogP contribution >= 0.6 is 0 Å². The monoisotopic (exact) mass is 296 g/mol. The molecule has 0 spiro atoms. The zero-order valence-corrected chi connectivity index (χ0v) is 13.0. The molecule has 1 aromatic heterocycles. The number of rotatable bonds is 3. The van der Waals surface area contributed by atoms with Gasteiger partial charge in [0.1, 0.15) is 0 Å². The number of hydrogen-bond donors (Lipinski definition) is 1. The number of anilines is 2. The number of hydrogen-bond acceptors (Lipinski definition) is 4. The highest BCUT2D eigenvalue weighted by atomic mass is 16.1. The van der Waals surface area contributed by atoms with Crippen molar-refractivity contribution in [3.63, 3.8) is 0 Å². The van der Waals surface area contributed by atoms with Crippen molar-refractivity contribution in [3.8, 4) is 0 Å². The lowest BCUT2D eigenvalue weighted by molar-refractivity contribution is 0.102. The van der Waals surface area contributed by atoms with E-state index in [2.05, 4.69) is 20.2 Å². The van der Waals surface area contributed by atoms with Crippen LogP contribution in [0.5, 0.6) is 0 Å². The summed E-state index contributed by atoms with van der Waals surface area (Å²) in [6.07, 6.45) is 3.99. The topological polar surface area (TPSA) is 58.1 Å². The van der Waals surface area contributed by atoms with Gasteiger partial charge in [-0.05, 0) is 38.3 Å². The van der Waals surface area contributed by atoms with Gasteiger partial charge in [0, 0.05) is 25.0 Å². The Morgan fingerprint density at radius 1 is 1.18 bits per heavy atom. The Labute approximate surface area is 130 Å². The summed E-state index contributed by atoms with van der Waals surface area (Å²) in [4.78, 5) is 23.4. The highest BCUT2D eigenvalue weighted by molar-refractivity contribution is 6.05. The Bertz CT molecular complexity index is 693. The van der Waals surface area contributed by atoms with Crippen LogP contribution in [-0.2, 0) is 0 Å². The third-order valence-corrected chi connectivity index (χ3v) is 3.99. The molecule has 0 bridgehead atoms. The molecule has 114 valence electrons. The molecule has 0 aliphatic carbocycles. The van der Waals surface area contributed by atoms with Gasteiger partial charge in [0.2, 0.25) is 5.95 Å². The van der Waals surface area contributed by atoms with Gasteiger partial charge >= 0.3 is 0 Å². The highest BCUT2D eigenvalue weighted by Crippen LogP contribution is 2.19. The summed E-state index contributed by atoms with van der Waals surface area (Å²) in [6, 6.07) is 7.71. The van der Waals surface area contributed by atoms with Crippen molar-refractivity contribution in [2.24, 2.45) is 0 Å². The minimum atomic E-state index is -0.167. The fourth-order valence-electron chi connectivity index (χ4n) is 2.65. The molecular weight excluding hydrogens is 276 g/mol. The summed E-state index contributed by atoms with van der Waals surface area (Å²) in [5, 5.41) is 2.92. The molecule has 0 atom stereocenters. The van der Waals surface area contributed by atoms with Crippen LogP contribution in [0, 0.1) is 13.8 Å². The van der Waals surface area contributed by atoms with E-state index in [1.165, 1.54) is 12.8 Å². The Balaban J connectivity index is 1.79. The smallest absolute Gasteiger partial charge is 0.259 e. The Morgan fingerprint density at radius 2 is 1.91 bits per heavy atom. The molecule has 1 fully saturated rings. The summed E-state index contributed by atoms with van der Waals surface area (Å²) < 4.78 is 0. The van der Waals surface area contributed by atoms with Gasteiger partial charge in [-0.1, -0.05) is 18.2 Å². The normalized spacial score (nSPS) is 14.2. The lowest BCUT2D eigenvalue weighted by atomic mass is 10.2. The number of para-hydroxylation sites is 1. The zero-order valence-electron chi connectivity index (χ0n) is 13.0. The molecule has 1 amide bonds. The van der Waals surface area contributed by atoms with Crippen LogP contribution < -0.4 is 10.2 Å². The van der Waals surface area contributed by atoms with Gasteiger partial charge in [-0.25, -0.2) is 9.97 Å². The maximum Gasteiger partial charge on any atom is 0.259 e. The van der Waals surface area contributed by atoms with Crippen molar-refractivity contribution in [2.75, 3.05) is 23.3 Å². The Morgan fingerprint density at radius 3 is 2.59 bits per heavy atom. The number of carbonyl (C=O) groups is 1. The van der Waals surface area contributed by atoms with Gasteiger partial charge in [0.05, 0.1) is 11.3 Å². The minimum absolute atomic E-state index is 0.167. The standard InChI is InChI=1S/C17H20N4O/c1-12-7-3-4-8-15(12)20-16(22)14-11-18-17(19-13(14)2)21-9-5-6-10-21/h3-4,7-8,11H,5-6,9-10H2,1-2H3,(H,20,22). The summed E-state index contributed by atoms with van der Waals surface area (Å²) in [7, 11) is 0. The molecule has 1 aliphatic heterocycles. The third-order valence-electron chi connectivity index (χ3n) is 3.99. The molecule has 0 saturated carbocycles. The van der Waals surface area contributed by atoms with E-state index in [9.17, 15) is 4.79 Å². The summed E-state index contributed by atoms with van der Waals surface area (Å²) in [6.45, 7) is 5.81. The van der Waals surface area contributed by atoms with Gasteiger partial charge < -0.3 is 10.2 Å². The van der Waals surface area contributed by atoms with Crippen LogP contribution in [0.25, 0.3) is 0 Å². The summed E-state index contributed by atoms with van der Waals surface area (Å²) in [5.41, 5.74) is 3.08. The van der Waals surface area contributed by atoms with Gasteiger partial charge in [-0.2, -0.15) is 0 Å². The van der Waals surface area contributed by atoms with E-state index >= 15 is 0 Å². The Kier molecular flexibility index (Phi) is 4.04. The van der Waals surface area contributed by atoms with Gasteiger partial charge in [-0.15, -0.1) is 0 Å². The average molecular weight is 296 g/mol. The maximum atomic E-state index is 12.4. The largest absolute Gasteiger partial charge is 0.341 e. The van der Waals surface area contributed by atoms with E-state index in [1.54, 1.807) is 6.20 Å². The summed E-state index contributed by atoms with van der Waals surface area (Å²) >= 11 is 0. The first-order valence-corrected chi connectivity index (χ1v) is 7.61. The van der Waals surface area contributed by atoms with E-state index in [0.29, 0.717) is 11.3 Å². The molecule has 0 unspecified atom stereocenters. The van der Waals surface area contributed by atoms with E-state index in [0.717, 1.165) is 30.3 Å². The molecule has 5 heteroatoms. The number of amides is 1. The van der Waals surface area contributed by atoms with Crippen molar-refractivity contribution < 1.29 is 4.79 Å². The second kappa shape index (κ2) is 6.13. The van der Waals surface area contributed by atoms with Gasteiger partial charge in [-0.3, -0.25) is 4.79 Å². The number of aromatic nitrogens is 2. The summed E-state index contributed by atoms with van der Waals surface area (Å²) in [5.74, 6) is 0.558. The van der Waals surface area contributed by atoms with Crippen LogP contribution in [0.15, 0.2) is 30.5 Å². The number of benzene rings is 1. The van der Waals surface area contributed by atoms with E-state index in [1.807, 2.05) is 38.1 Å². The third kappa shape index (κ3) is 2.93. The second-order valence-electron chi connectivity index (χ2n) is 5.63. The molecule has 22 heavy (non-hydrogen) atoms. The maximum absolute atomic E-state index is 12.4. The lowest BCUT2D eigenvalue weighted by Crippen LogP contribution is -2.22. The molecule has 0 radical (unpaired) electrons. The van der Waals surface area contributed by atoms with Crippen LogP contribution in [0.2, 0.25) is 0 Å². The van der Waals surface area contributed by atoms with Crippen LogP contribution in [-0.4, -0.2) is 29.0 Å². The van der Waals surface area contributed by atoms with Gasteiger partial charge in [0.15, 0.2) is 0 Å². The molecule has 5 nitrogen and oxygen atoms in total. The number of nitrogens with one attached hydrogen (secondary N) is 1. The van der Waals surface area contributed by atoms with Crippen molar-refractivity contribution >= 4 is 17.5 Å². The second-order valence-corrected chi connectivity index (χ2v) is 5.63. The van der Waals surface area contributed by atoms with Crippen LogP contribution in [0.1, 0.15) is 34.5 Å². The van der Waals surface area contributed by atoms with Gasteiger partial charge in [0.25, 0.3) is 5.91 Å². The molecule has 1 aliphatic rings. The quantitative estimate of drug-likeness (QED) is 0.946. The van der Waals surface area contributed by atoms with E-state index in [4.69, 9.17) is 0 Å². The minimum Gasteiger partial charge on any atom is -0.341 e. The van der Waals surface area contributed by atoms with Crippen LogP contribution in [0.4, 0.5) is 11.6 Å². The first kappa shape index (κ1) is 14.5. The molecule has 1 aromatic carbocycles. The number of nitrogens with zero attached hydrogens (tertiary/aromatic N) is 3. The fourth-order valence-corrected chi connectivity index (χ4v) is 2.65. The van der Waals surface area contributed by atoms with Crippen molar-refractivity contribution in [1.82, 2.24) is 9.97 Å². The molecule has 3 rings (SSSR count). The number of carbonyl (C=O) groups excluding carboxylic acids is 1. The first-order chi connectivity index (χ1) is 10.6. The fraction of sp³-hybridized carbons (Fsp3) is 0.353. The molecular formula is C17H20N4O. The number of aryl methyl sites for hydroxylation is 2. The predicted molar refractivity (Wildman–Crippen MR) is 87.3 cm³/mol. The SMILES string of the molecule is Cc1ccccc1NC(=O)c1cnc(N2CCCC2)nc1C. The molecule has 1 saturated heterocycles. The zero-order chi connectivity index (χ0) is 15.5.